The van der Waals surface area contributed by atoms with Crippen molar-refractivity contribution in [1.82, 2.24) is 10.6 Å². The predicted molar refractivity (Wildman–Crippen MR) is 90.2 cm³/mol. The molecule has 0 aromatic carbocycles. The van der Waals surface area contributed by atoms with Crippen LogP contribution in [0, 0.1) is 0 Å². The lowest BCUT2D eigenvalue weighted by atomic mass is 10.1. The molecule has 0 aliphatic rings. The molecular weight excluding hydrogens is 354 g/mol. The van der Waals surface area contributed by atoms with Crippen molar-refractivity contribution in [3.8, 4) is 0 Å². The van der Waals surface area contributed by atoms with E-state index < -0.39 is 47.7 Å². The molecule has 0 aliphatic carbocycles. The molecule has 0 spiro atoms. The third-order valence-electron chi connectivity index (χ3n) is 3.15. The van der Waals surface area contributed by atoms with E-state index in [1.807, 2.05) is 0 Å². The number of hydrogen-bond donors (Lipinski definition) is 7. The van der Waals surface area contributed by atoms with E-state index in [1.54, 1.807) is 0 Å². The van der Waals surface area contributed by atoms with Gasteiger partial charge in [-0.05, 0) is 12.8 Å². The van der Waals surface area contributed by atoms with Gasteiger partial charge in [-0.15, -0.1) is 0 Å². The summed E-state index contributed by atoms with van der Waals surface area (Å²) in [6.45, 7) is 0. The highest BCUT2D eigenvalue weighted by atomic mass is 32.1. The maximum absolute atomic E-state index is 12.1. The van der Waals surface area contributed by atoms with E-state index in [0.717, 1.165) is 0 Å². The van der Waals surface area contributed by atoms with Crippen LogP contribution in [0.5, 0.6) is 0 Å². The van der Waals surface area contributed by atoms with E-state index in [0.29, 0.717) is 0 Å². The van der Waals surface area contributed by atoms with Crippen molar-refractivity contribution in [3.63, 3.8) is 0 Å². The Labute approximate surface area is 149 Å². The number of carboxylic acid groups (broad SMARTS) is 1. The van der Waals surface area contributed by atoms with Crippen LogP contribution in [0.2, 0.25) is 0 Å². The SMILES string of the molecule is NC(=O)CCC(N)C(=O)NC(CS)C(=O)NC(CCC(N)=O)C(=O)O. The van der Waals surface area contributed by atoms with Gasteiger partial charge in [-0.25, -0.2) is 4.79 Å². The number of carboxylic acids is 1. The number of aliphatic carboxylic acids is 1. The van der Waals surface area contributed by atoms with Crippen molar-refractivity contribution in [2.24, 2.45) is 17.2 Å². The Morgan fingerprint density at radius 3 is 1.80 bits per heavy atom. The maximum Gasteiger partial charge on any atom is 0.326 e. The molecule has 12 heteroatoms. The molecular formula is C13H23N5O6S. The fraction of sp³-hybridized carbons (Fsp3) is 0.615. The fourth-order valence-corrected chi connectivity index (χ4v) is 1.98. The Morgan fingerprint density at radius 1 is 0.880 bits per heavy atom. The van der Waals surface area contributed by atoms with E-state index in [4.69, 9.17) is 22.3 Å². The first kappa shape index (κ1) is 22.7. The van der Waals surface area contributed by atoms with Gasteiger partial charge in [0.05, 0.1) is 6.04 Å². The van der Waals surface area contributed by atoms with Crippen LogP contribution in [-0.2, 0) is 24.0 Å². The molecule has 142 valence electrons. The lowest BCUT2D eigenvalue weighted by molar-refractivity contribution is -0.142. The zero-order valence-corrected chi connectivity index (χ0v) is 14.3. The van der Waals surface area contributed by atoms with Gasteiger partial charge in [0.25, 0.3) is 0 Å². The van der Waals surface area contributed by atoms with E-state index >= 15 is 0 Å². The Bertz CT molecular complexity index is 529. The van der Waals surface area contributed by atoms with E-state index in [1.165, 1.54) is 0 Å². The van der Waals surface area contributed by atoms with Crippen LogP contribution < -0.4 is 27.8 Å². The topological polar surface area (TPSA) is 208 Å². The van der Waals surface area contributed by atoms with Crippen LogP contribution in [0.4, 0.5) is 0 Å². The molecule has 0 aliphatic heterocycles. The Kier molecular flexibility index (Phi) is 10.2. The second kappa shape index (κ2) is 11.3. The van der Waals surface area contributed by atoms with E-state index in [9.17, 15) is 24.0 Å². The molecule has 3 unspecified atom stereocenters. The number of thiol groups is 1. The van der Waals surface area contributed by atoms with Gasteiger partial charge in [-0.2, -0.15) is 12.6 Å². The summed E-state index contributed by atoms with van der Waals surface area (Å²) in [5, 5.41) is 13.5. The third kappa shape index (κ3) is 9.52. The van der Waals surface area contributed by atoms with Crippen LogP contribution in [-0.4, -0.2) is 58.6 Å². The molecule has 3 atom stereocenters. The predicted octanol–water partition coefficient (Wildman–Crippen LogP) is -3.17. The van der Waals surface area contributed by atoms with Gasteiger partial charge in [-0.3, -0.25) is 19.2 Å². The van der Waals surface area contributed by atoms with Gasteiger partial charge in [0, 0.05) is 18.6 Å². The van der Waals surface area contributed by atoms with Crippen molar-refractivity contribution in [1.29, 1.82) is 0 Å². The molecule has 0 saturated heterocycles. The second-order valence-corrected chi connectivity index (χ2v) is 5.62. The number of rotatable bonds is 12. The summed E-state index contributed by atoms with van der Waals surface area (Å²) in [7, 11) is 0. The van der Waals surface area contributed by atoms with Gasteiger partial charge in [0.2, 0.25) is 23.6 Å². The molecule has 25 heavy (non-hydrogen) atoms. The molecule has 0 radical (unpaired) electrons. The number of carbonyl (C=O) groups excluding carboxylic acids is 4. The highest BCUT2D eigenvalue weighted by Gasteiger charge is 2.27. The first-order valence-electron chi connectivity index (χ1n) is 7.35. The Hall–Kier alpha value is -2.34. The highest BCUT2D eigenvalue weighted by Crippen LogP contribution is 2.01. The summed E-state index contributed by atoms with van der Waals surface area (Å²) < 4.78 is 0. The molecule has 0 rings (SSSR count). The summed E-state index contributed by atoms with van der Waals surface area (Å²) in [5.41, 5.74) is 15.5. The summed E-state index contributed by atoms with van der Waals surface area (Å²) >= 11 is 3.93. The van der Waals surface area contributed by atoms with Crippen molar-refractivity contribution < 1.29 is 29.1 Å². The standard InChI is InChI=1S/C13H23N5O6S/c14-6(1-3-9(15)19)11(21)18-8(5-25)12(22)17-7(13(23)24)2-4-10(16)20/h6-8,25H,1-5,14H2,(H2,15,19)(H2,16,20)(H,17,22)(H,18,21)(H,23,24). The zero-order valence-electron chi connectivity index (χ0n) is 13.4. The largest absolute Gasteiger partial charge is 0.480 e. The van der Waals surface area contributed by atoms with Crippen LogP contribution in [0.25, 0.3) is 0 Å². The summed E-state index contributed by atoms with van der Waals surface area (Å²) in [5.74, 6) is -4.31. The summed E-state index contributed by atoms with van der Waals surface area (Å²) in [6.07, 6.45) is -0.520. The molecule has 4 amide bonds. The fourth-order valence-electron chi connectivity index (χ4n) is 1.72. The minimum absolute atomic E-state index is 0.00155. The number of hydrogen-bond acceptors (Lipinski definition) is 7. The number of nitrogens with one attached hydrogen (secondary N) is 2. The van der Waals surface area contributed by atoms with Gasteiger partial charge in [-0.1, -0.05) is 0 Å². The number of nitrogens with two attached hydrogens (primary N) is 3. The van der Waals surface area contributed by atoms with Crippen LogP contribution in [0.3, 0.4) is 0 Å². The van der Waals surface area contributed by atoms with Crippen LogP contribution in [0.15, 0.2) is 0 Å². The normalized spacial score (nSPS) is 14.0. The van der Waals surface area contributed by atoms with Gasteiger partial charge < -0.3 is 32.9 Å². The van der Waals surface area contributed by atoms with Crippen molar-refractivity contribution in [2.45, 2.75) is 43.8 Å². The summed E-state index contributed by atoms with van der Waals surface area (Å²) in [4.78, 5) is 56.5. The first-order chi connectivity index (χ1) is 11.6. The van der Waals surface area contributed by atoms with Crippen molar-refractivity contribution >= 4 is 42.2 Å². The van der Waals surface area contributed by atoms with E-state index in [2.05, 4.69) is 23.3 Å². The minimum Gasteiger partial charge on any atom is -0.480 e. The zero-order chi connectivity index (χ0) is 19.6. The van der Waals surface area contributed by atoms with Crippen molar-refractivity contribution in [3.05, 3.63) is 0 Å². The second-order valence-electron chi connectivity index (χ2n) is 5.26. The van der Waals surface area contributed by atoms with Gasteiger partial charge in [0.1, 0.15) is 12.1 Å². The number of carbonyl (C=O) groups is 5. The van der Waals surface area contributed by atoms with Crippen molar-refractivity contribution in [2.75, 3.05) is 5.75 Å². The number of primary amides is 2. The van der Waals surface area contributed by atoms with Gasteiger partial charge >= 0.3 is 5.97 Å². The molecule has 0 heterocycles. The van der Waals surface area contributed by atoms with E-state index in [-0.39, 0.29) is 31.4 Å². The highest BCUT2D eigenvalue weighted by molar-refractivity contribution is 7.80. The molecule has 0 saturated carbocycles. The Balaban J connectivity index is 4.71. The molecule has 0 bridgehead atoms. The van der Waals surface area contributed by atoms with Gasteiger partial charge in [0.15, 0.2) is 0 Å². The average Bonchev–Trinajstić information content (AvgIpc) is 2.52. The monoisotopic (exact) mass is 377 g/mol. The third-order valence-corrected chi connectivity index (χ3v) is 3.51. The molecule has 11 nitrogen and oxygen atoms in total. The summed E-state index contributed by atoms with van der Waals surface area (Å²) in [6, 6.07) is -3.55. The maximum atomic E-state index is 12.1. The lowest BCUT2D eigenvalue weighted by Crippen LogP contribution is -2.55. The molecule has 9 N–H and O–H groups in total. The molecule has 0 fully saturated rings. The lowest BCUT2D eigenvalue weighted by Gasteiger charge is -2.21. The number of amides is 4. The molecule has 0 aromatic heterocycles. The van der Waals surface area contributed by atoms with Crippen LogP contribution >= 0.6 is 12.6 Å². The van der Waals surface area contributed by atoms with Crippen LogP contribution in [0.1, 0.15) is 25.7 Å². The smallest absolute Gasteiger partial charge is 0.326 e. The quantitative estimate of drug-likeness (QED) is 0.173. The average molecular weight is 377 g/mol. The minimum atomic E-state index is -1.35. The Morgan fingerprint density at radius 2 is 1.36 bits per heavy atom. The molecule has 0 aromatic rings. The first-order valence-corrected chi connectivity index (χ1v) is 7.98.